The van der Waals surface area contributed by atoms with Crippen molar-refractivity contribution < 1.29 is 19.1 Å². The zero-order valence-corrected chi connectivity index (χ0v) is 11.7. The molecular weight excluding hydrogens is 256 g/mol. The van der Waals surface area contributed by atoms with Crippen molar-refractivity contribution in [1.82, 2.24) is 0 Å². The standard InChI is InChI=1S/C16H18O4/c1-3-19-16(18)11-10-15-8-5-4-7-14(15)9-6-12-20-13(2)17/h4-11H,3,12H2,1-2H3. The fourth-order valence-corrected chi connectivity index (χ4v) is 1.50. The molecule has 0 saturated carbocycles. The fraction of sp³-hybridized carbons (Fsp3) is 0.250. The molecule has 106 valence electrons. The Morgan fingerprint density at radius 2 is 1.75 bits per heavy atom. The number of hydrogen-bond donors (Lipinski definition) is 0. The summed E-state index contributed by atoms with van der Waals surface area (Å²) in [7, 11) is 0. The van der Waals surface area contributed by atoms with Crippen LogP contribution >= 0.6 is 0 Å². The maximum Gasteiger partial charge on any atom is 0.330 e. The highest BCUT2D eigenvalue weighted by atomic mass is 16.5. The molecule has 0 saturated heterocycles. The first-order chi connectivity index (χ1) is 9.63. The van der Waals surface area contributed by atoms with Crippen molar-refractivity contribution in [3.05, 3.63) is 47.5 Å². The highest BCUT2D eigenvalue weighted by Gasteiger charge is 1.97. The smallest absolute Gasteiger partial charge is 0.330 e. The number of benzene rings is 1. The molecule has 1 rings (SSSR count). The first-order valence-corrected chi connectivity index (χ1v) is 6.37. The second kappa shape index (κ2) is 8.69. The van der Waals surface area contributed by atoms with Crippen LogP contribution in [0.2, 0.25) is 0 Å². The van der Waals surface area contributed by atoms with Gasteiger partial charge in [-0.05, 0) is 30.2 Å². The molecule has 20 heavy (non-hydrogen) atoms. The molecule has 0 aliphatic carbocycles. The average molecular weight is 274 g/mol. The van der Waals surface area contributed by atoms with Gasteiger partial charge in [-0.2, -0.15) is 0 Å². The molecule has 1 aromatic carbocycles. The van der Waals surface area contributed by atoms with Gasteiger partial charge in [0.15, 0.2) is 0 Å². The lowest BCUT2D eigenvalue weighted by Gasteiger charge is -2.01. The molecule has 0 amide bonds. The van der Waals surface area contributed by atoms with Crippen LogP contribution < -0.4 is 0 Å². The van der Waals surface area contributed by atoms with Gasteiger partial charge >= 0.3 is 11.9 Å². The molecular formula is C16H18O4. The Balaban J connectivity index is 2.72. The third-order valence-corrected chi connectivity index (χ3v) is 2.36. The molecule has 4 heteroatoms. The van der Waals surface area contributed by atoms with Crippen LogP contribution in [0, 0.1) is 0 Å². The van der Waals surface area contributed by atoms with E-state index in [0.29, 0.717) is 6.61 Å². The number of ether oxygens (including phenoxy) is 2. The predicted octanol–water partition coefficient (Wildman–Crippen LogP) is 2.84. The molecule has 0 heterocycles. The van der Waals surface area contributed by atoms with Crippen LogP contribution in [0.15, 0.2) is 36.4 Å². The molecule has 0 N–H and O–H groups in total. The molecule has 0 aromatic heterocycles. The van der Waals surface area contributed by atoms with Crippen molar-refractivity contribution in [2.75, 3.05) is 13.2 Å². The quantitative estimate of drug-likeness (QED) is 0.591. The summed E-state index contributed by atoms with van der Waals surface area (Å²) >= 11 is 0. The van der Waals surface area contributed by atoms with Crippen LogP contribution in [0.3, 0.4) is 0 Å². The Kier molecular flexibility index (Phi) is 6.82. The van der Waals surface area contributed by atoms with Crippen molar-refractivity contribution in [3.63, 3.8) is 0 Å². The zero-order chi connectivity index (χ0) is 14.8. The molecule has 4 nitrogen and oxygen atoms in total. The van der Waals surface area contributed by atoms with Crippen LogP contribution in [0.25, 0.3) is 12.2 Å². The first-order valence-electron chi connectivity index (χ1n) is 6.37. The highest BCUT2D eigenvalue weighted by Crippen LogP contribution is 2.12. The Bertz CT molecular complexity index is 515. The lowest BCUT2D eigenvalue weighted by molar-refractivity contribution is -0.140. The van der Waals surface area contributed by atoms with Gasteiger partial charge in [0.2, 0.25) is 0 Å². The van der Waals surface area contributed by atoms with Gasteiger partial charge in [0.25, 0.3) is 0 Å². The monoisotopic (exact) mass is 274 g/mol. The summed E-state index contributed by atoms with van der Waals surface area (Å²) in [6, 6.07) is 7.58. The van der Waals surface area contributed by atoms with E-state index in [1.54, 1.807) is 19.1 Å². The number of carbonyl (C=O) groups excluding carboxylic acids is 2. The topological polar surface area (TPSA) is 52.6 Å². The highest BCUT2D eigenvalue weighted by molar-refractivity contribution is 5.87. The Labute approximate surface area is 118 Å². The minimum atomic E-state index is -0.369. The van der Waals surface area contributed by atoms with E-state index >= 15 is 0 Å². The van der Waals surface area contributed by atoms with Crippen LogP contribution in [0.5, 0.6) is 0 Å². The van der Waals surface area contributed by atoms with E-state index in [0.717, 1.165) is 11.1 Å². The summed E-state index contributed by atoms with van der Waals surface area (Å²) in [5.74, 6) is -0.684. The SMILES string of the molecule is CCOC(=O)C=Cc1ccccc1C=CCOC(C)=O. The van der Waals surface area contributed by atoms with Crippen molar-refractivity contribution in [1.29, 1.82) is 0 Å². The van der Waals surface area contributed by atoms with Crippen LogP contribution in [-0.4, -0.2) is 25.2 Å². The van der Waals surface area contributed by atoms with E-state index in [9.17, 15) is 9.59 Å². The van der Waals surface area contributed by atoms with Gasteiger partial charge in [-0.25, -0.2) is 4.79 Å². The summed E-state index contributed by atoms with van der Waals surface area (Å²) in [4.78, 5) is 21.9. The van der Waals surface area contributed by atoms with Crippen LogP contribution in [0.1, 0.15) is 25.0 Å². The summed E-state index contributed by atoms with van der Waals surface area (Å²) in [5, 5.41) is 0. The van der Waals surface area contributed by atoms with Crippen molar-refractivity contribution >= 4 is 24.1 Å². The Hall–Kier alpha value is -2.36. The summed E-state index contributed by atoms with van der Waals surface area (Å²) in [6.45, 7) is 3.71. The van der Waals surface area contributed by atoms with E-state index in [2.05, 4.69) is 0 Å². The number of carbonyl (C=O) groups is 2. The van der Waals surface area contributed by atoms with Gasteiger partial charge < -0.3 is 9.47 Å². The summed E-state index contributed by atoms with van der Waals surface area (Å²) in [6.07, 6.45) is 6.68. The third kappa shape index (κ3) is 6.00. The lowest BCUT2D eigenvalue weighted by atomic mass is 10.1. The second-order valence-corrected chi connectivity index (χ2v) is 3.92. The normalized spacial score (nSPS) is 10.9. The van der Waals surface area contributed by atoms with Gasteiger partial charge in [0.1, 0.15) is 6.61 Å². The maximum atomic E-state index is 11.3. The number of rotatable bonds is 6. The fourth-order valence-electron chi connectivity index (χ4n) is 1.50. The van der Waals surface area contributed by atoms with Crippen LogP contribution in [0.4, 0.5) is 0 Å². The van der Waals surface area contributed by atoms with Crippen LogP contribution in [-0.2, 0) is 19.1 Å². The third-order valence-electron chi connectivity index (χ3n) is 2.36. The van der Waals surface area contributed by atoms with E-state index < -0.39 is 0 Å². The predicted molar refractivity (Wildman–Crippen MR) is 77.8 cm³/mol. The molecule has 0 aliphatic heterocycles. The molecule has 1 aromatic rings. The zero-order valence-electron chi connectivity index (χ0n) is 11.7. The lowest BCUT2D eigenvalue weighted by Crippen LogP contribution is -1.98. The minimum Gasteiger partial charge on any atom is -0.463 e. The molecule has 0 radical (unpaired) electrons. The van der Waals surface area contributed by atoms with E-state index in [1.165, 1.54) is 13.0 Å². The average Bonchev–Trinajstić information content (AvgIpc) is 2.42. The molecule has 0 bridgehead atoms. The van der Waals surface area contributed by atoms with Gasteiger partial charge in [-0.3, -0.25) is 4.79 Å². The Morgan fingerprint density at radius 1 is 1.10 bits per heavy atom. The molecule has 0 fully saturated rings. The largest absolute Gasteiger partial charge is 0.463 e. The molecule has 0 spiro atoms. The van der Waals surface area contributed by atoms with Gasteiger partial charge in [0.05, 0.1) is 6.61 Å². The van der Waals surface area contributed by atoms with Crippen molar-refractivity contribution in [2.24, 2.45) is 0 Å². The van der Waals surface area contributed by atoms with E-state index in [-0.39, 0.29) is 18.5 Å². The van der Waals surface area contributed by atoms with E-state index in [4.69, 9.17) is 9.47 Å². The molecule has 0 aliphatic rings. The second-order valence-electron chi connectivity index (χ2n) is 3.92. The first kappa shape index (κ1) is 15.7. The molecule has 0 atom stereocenters. The Morgan fingerprint density at radius 3 is 2.35 bits per heavy atom. The summed E-state index contributed by atoms with van der Waals surface area (Å²) < 4.78 is 9.64. The maximum absolute atomic E-state index is 11.3. The van der Waals surface area contributed by atoms with Crippen molar-refractivity contribution in [2.45, 2.75) is 13.8 Å². The van der Waals surface area contributed by atoms with Gasteiger partial charge in [-0.15, -0.1) is 0 Å². The molecule has 0 unspecified atom stereocenters. The van der Waals surface area contributed by atoms with Gasteiger partial charge in [0, 0.05) is 13.0 Å². The van der Waals surface area contributed by atoms with Crippen molar-refractivity contribution in [3.8, 4) is 0 Å². The number of hydrogen-bond acceptors (Lipinski definition) is 4. The minimum absolute atomic E-state index is 0.227. The van der Waals surface area contributed by atoms with E-state index in [1.807, 2.05) is 30.3 Å². The summed E-state index contributed by atoms with van der Waals surface area (Å²) in [5.41, 5.74) is 1.82. The van der Waals surface area contributed by atoms with Gasteiger partial charge in [-0.1, -0.05) is 30.3 Å². The number of esters is 2.